The highest BCUT2D eigenvalue weighted by Gasteiger charge is 2.25. The Kier molecular flexibility index (Phi) is 6.21. The molecule has 1 N–H and O–H groups in total. The molecule has 1 atom stereocenters. The number of thiophene rings is 1. The van der Waals surface area contributed by atoms with Crippen LogP contribution >= 0.6 is 11.3 Å². The Morgan fingerprint density at radius 2 is 2.10 bits per heavy atom. The van der Waals surface area contributed by atoms with E-state index >= 15 is 0 Å². The predicted octanol–water partition coefficient (Wildman–Crippen LogP) is 3.59. The highest BCUT2D eigenvalue weighted by atomic mass is 32.1. The number of aryl methyl sites for hydroxylation is 1. The molecule has 0 radical (unpaired) electrons. The minimum atomic E-state index is -0.148. The SMILES string of the molecule is Cc1nc(COc2ccccc2C(=O)NCC(c2cccs2)N2CCCC2)no1. The van der Waals surface area contributed by atoms with Crippen LogP contribution in [-0.2, 0) is 6.61 Å². The molecular formula is C21H24N4O3S. The normalized spacial score (nSPS) is 15.3. The Labute approximate surface area is 173 Å². The van der Waals surface area contributed by atoms with Gasteiger partial charge in [-0.25, -0.2) is 0 Å². The topological polar surface area (TPSA) is 80.5 Å². The van der Waals surface area contributed by atoms with Crippen LogP contribution in [0.15, 0.2) is 46.3 Å². The number of para-hydroxylation sites is 1. The molecule has 4 rings (SSSR count). The van der Waals surface area contributed by atoms with Gasteiger partial charge in [0.1, 0.15) is 5.75 Å². The van der Waals surface area contributed by atoms with Crippen LogP contribution in [0.1, 0.15) is 45.8 Å². The van der Waals surface area contributed by atoms with E-state index in [4.69, 9.17) is 9.26 Å². The van der Waals surface area contributed by atoms with Crippen molar-refractivity contribution in [2.45, 2.75) is 32.4 Å². The number of nitrogens with one attached hydrogen (secondary N) is 1. The van der Waals surface area contributed by atoms with E-state index in [1.165, 1.54) is 17.7 Å². The third-order valence-corrected chi connectivity index (χ3v) is 5.94. The lowest BCUT2D eigenvalue weighted by Gasteiger charge is -2.27. The van der Waals surface area contributed by atoms with Crippen molar-refractivity contribution in [2.75, 3.05) is 19.6 Å². The zero-order chi connectivity index (χ0) is 20.1. The van der Waals surface area contributed by atoms with Gasteiger partial charge in [-0.3, -0.25) is 9.69 Å². The molecule has 0 saturated carbocycles. The molecule has 29 heavy (non-hydrogen) atoms. The molecule has 1 fully saturated rings. The quantitative estimate of drug-likeness (QED) is 0.609. The van der Waals surface area contributed by atoms with Crippen molar-refractivity contribution < 1.29 is 14.1 Å². The zero-order valence-electron chi connectivity index (χ0n) is 16.3. The van der Waals surface area contributed by atoms with E-state index in [0.29, 0.717) is 29.6 Å². The van der Waals surface area contributed by atoms with E-state index in [9.17, 15) is 4.79 Å². The fourth-order valence-electron chi connectivity index (χ4n) is 3.55. The van der Waals surface area contributed by atoms with Crippen molar-refractivity contribution in [3.63, 3.8) is 0 Å². The van der Waals surface area contributed by atoms with E-state index in [1.807, 2.05) is 12.1 Å². The minimum absolute atomic E-state index is 0.146. The maximum atomic E-state index is 12.9. The van der Waals surface area contributed by atoms with Gasteiger partial charge in [0.05, 0.1) is 11.6 Å². The fraction of sp³-hybridized carbons (Fsp3) is 0.381. The van der Waals surface area contributed by atoms with Gasteiger partial charge in [-0.1, -0.05) is 23.4 Å². The molecule has 3 aromatic rings. The first-order valence-electron chi connectivity index (χ1n) is 9.77. The number of ether oxygens (including phenoxy) is 1. The molecule has 0 spiro atoms. The van der Waals surface area contributed by atoms with Crippen LogP contribution in [-0.4, -0.2) is 40.6 Å². The number of aromatic nitrogens is 2. The number of rotatable bonds is 8. The molecule has 0 aliphatic carbocycles. The summed E-state index contributed by atoms with van der Waals surface area (Å²) in [6.45, 7) is 4.58. The molecule has 1 amide bonds. The van der Waals surface area contributed by atoms with Crippen molar-refractivity contribution in [3.8, 4) is 5.75 Å². The van der Waals surface area contributed by atoms with Gasteiger partial charge in [-0.2, -0.15) is 4.98 Å². The Morgan fingerprint density at radius 1 is 1.28 bits per heavy atom. The van der Waals surface area contributed by atoms with Crippen LogP contribution in [0.2, 0.25) is 0 Å². The second kappa shape index (κ2) is 9.19. The molecule has 0 bridgehead atoms. The lowest BCUT2D eigenvalue weighted by atomic mass is 10.1. The lowest BCUT2D eigenvalue weighted by molar-refractivity contribution is 0.0933. The van der Waals surface area contributed by atoms with Gasteiger partial charge in [0, 0.05) is 18.3 Å². The number of carbonyl (C=O) groups is 1. The summed E-state index contributed by atoms with van der Waals surface area (Å²) in [5.41, 5.74) is 0.499. The molecule has 3 heterocycles. The largest absolute Gasteiger partial charge is 0.485 e. The summed E-state index contributed by atoms with van der Waals surface area (Å²) >= 11 is 1.74. The first kappa shape index (κ1) is 19.6. The van der Waals surface area contributed by atoms with Crippen molar-refractivity contribution in [1.29, 1.82) is 0 Å². The van der Waals surface area contributed by atoms with Crippen molar-refractivity contribution in [1.82, 2.24) is 20.4 Å². The second-order valence-corrected chi connectivity index (χ2v) is 7.98. The molecular weight excluding hydrogens is 388 g/mol. The smallest absolute Gasteiger partial charge is 0.255 e. The van der Waals surface area contributed by atoms with Gasteiger partial charge in [0.15, 0.2) is 6.61 Å². The van der Waals surface area contributed by atoms with Gasteiger partial charge in [-0.15, -0.1) is 11.3 Å². The first-order valence-corrected chi connectivity index (χ1v) is 10.7. The summed E-state index contributed by atoms with van der Waals surface area (Å²) in [7, 11) is 0. The van der Waals surface area contributed by atoms with E-state index in [0.717, 1.165) is 13.1 Å². The maximum absolute atomic E-state index is 12.9. The summed E-state index contributed by atoms with van der Waals surface area (Å²) in [5, 5.41) is 9.01. The number of carbonyl (C=O) groups excluding carboxylic acids is 1. The number of likely N-dealkylation sites (tertiary alicyclic amines) is 1. The molecule has 1 aliphatic rings. The van der Waals surface area contributed by atoms with Gasteiger partial charge in [-0.05, 0) is 49.5 Å². The van der Waals surface area contributed by atoms with E-state index in [2.05, 4.69) is 37.9 Å². The average molecular weight is 413 g/mol. The number of hydrogen-bond donors (Lipinski definition) is 1. The highest BCUT2D eigenvalue weighted by Crippen LogP contribution is 2.28. The van der Waals surface area contributed by atoms with Gasteiger partial charge >= 0.3 is 0 Å². The van der Waals surface area contributed by atoms with E-state index in [1.54, 1.807) is 30.4 Å². The zero-order valence-corrected chi connectivity index (χ0v) is 17.2. The Hall–Kier alpha value is -2.71. The van der Waals surface area contributed by atoms with Crippen LogP contribution in [0.4, 0.5) is 0 Å². The highest BCUT2D eigenvalue weighted by molar-refractivity contribution is 7.10. The molecule has 1 aromatic carbocycles. The molecule has 7 nitrogen and oxygen atoms in total. The summed E-state index contributed by atoms with van der Waals surface area (Å²) in [5.74, 6) is 1.28. The van der Waals surface area contributed by atoms with Crippen molar-refractivity contribution in [3.05, 3.63) is 63.9 Å². The third-order valence-electron chi connectivity index (χ3n) is 4.97. The van der Waals surface area contributed by atoms with Crippen LogP contribution in [0.5, 0.6) is 5.75 Å². The summed E-state index contributed by atoms with van der Waals surface area (Å²) in [6, 6.07) is 11.6. The van der Waals surface area contributed by atoms with Gasteiger partial charge in [0.2, 0.25) is 11.7 Å². The van der Waals surface area contributed by atoms with Gasteiger partial charge in [0.25, 0.3) is 5.91 Å². The predicted molar refractivity (Wildman–Crippen MR) is 110 cm³/mol. The Bertz CT molecular complexity index is 935. The first-order chi connectivity index (χ1) is 14.2. The van der Waals surface area contributed by atoms with E-state index < -0.39 is 0 Å². The summed E-state index contributed by atoms with van der Waals surface area (Å²) in [6.07, 6.45) is 2.42. The van der Waals surface area contributed by atoms with Crippen LogP contribution in [0, 0.1) is 6.92 Å². The molecule has 2 aromatic heterocycles. The number of hydrogen-bond acceptors (Lipinski definition) is 7. The second-order valence-electron chi connectivity index (χ2n) is 7.00. The van der Waals surface area contributed by atoms with Crippen molar-refractivity contribution >= 4 is 17.2 Å². The number of nitrogens with zero attached hydrogens (tertiary/aromatic N) is 3. The number of benzene rings is 1. The van der Waals surface area contributed by atoms with Crippen molar-refractivity contribution in [2.24, 2.45) is 0 Å². The summed E-state index contributed by atoms with van der Waals surface area (Å²) < 4.78 is 10.7. The molecule has 1 aliphatic heterocycles. The Morgan fingerprint density at radius 3 is 2.83 bits per heavy atom. The molecule has 1 saturated heterocycles. The number of amides is 1. The van der Waals surface area contributed by atoms with E-state index in [-0.39, 0.29) is 18.6 Å². The molecule has 152 valence electrons. The molecule has 8 heteroatoms. The van der Waals surface area contributed by atoms with Crippen LogP contribution in [0.3, 0.4) is 0 Å². The minimum Gasteiger partial charge on any atom is -0.485 e. The maximum Gasteiger partial charge on any atom is 0.255 e. The monoisotopic (exact) mass is 412 g/mol. The standard InChI is InChI=1S/C21H24N4O3S/c1-15-23-20(24-28-15)14-27-18-8-3-2-7-16(18)21(26)22-13-17(19-9-6-12-29-19)25-10-4-5-11-25/h2-3,6-9,12,17H,4-5,10-11,13-14H2,1H3,(H,22,26). The van der Waals surface area contributed by atoms with Crippen LogP contribution in [0.25, 0.3) is 0 Å². The average Bonchev–Trinajstić information content (AvgIpc) is 3.50. The lowest BCUT2D eigenvalue weighted by Crippen LogP contribution is -2.36. The van der Waals surface area contributed by atoms with Gasteiger partial charge < -0.3 is 14.6 Å². The molecule has 1 unspecified atom stereocenters. The summed E-state index contributed by atoms with van der Waals surface area (Å²) in [4.78, 5) is 20.8. The third kappa shape index (κ3) is 4.83. The van der Waals surface area contributed by atoms with Crippen LogP contribution < -0.4 is 10.1 Å². The fourth-order valence-corrected chi connectivity index (χ4v) is 4.41. The Balaban J connectivity index is 1.42.